The molecular formula is C16H17BrClFO. The lowest BCUT2D eigenvalue weighted by Gasteiger charge is -2.14. The normalized spacial score (nSPS) is 19.6. The highest BCUT2D eigenvalue weighted by Gasteiger charge is 2.29. The van der Waals surface area contributed by atoms with Crippen LogP contribution in [0.1, 0.15) is 32.3 Å². The predicted octanol–water partition coefficient (Wildman–Crippen LogP) is 5.85. The van der Waals surface area contributed by atoms with Crippen molar-refractivity contribution in [2.24, 2.45) is 0 Å². The molecule has 1 unspecified atom stereocenters. The van der Waals surface area contributed by atoms with E-state index >= 15 is 0 Å². The van der Waals surface area contributed by atoms with Crippen LogP contribution in [0.25, 0.3) is 0 Å². The maximum Gasteiger partial charge on any atom is 0.146 e. The van der Waals surface area contributed by atoms with E-state index < -0.39 is 5.82 Å². The Hall–Kier alpha value is -0.800. The quantitative estimate of drug-likeness (QED) is 0.572. The molecule has 0 N–H and O–H groups in total. The van der Waals surface area contributed by atoms with E-state index in [1.807, 2.05) is 13.8 Å². The molecule has 0 amide bonds. The van der Waals surface area contributed by atoms with Crippen molar-refractivity contribution in [1.29, 1.82) is 0 Å². The van der Waals surface area contributed by atoms with Gasteiger partial charge in [-0.1, -0.05) is 43.7 Å². The third kappa shape index (κ3) is 2.94. The van der Waals surface area contributed by atoms with Crippen molar-refractivity contribution in [3.05, 3.63) is 50.7 Å². The molecule has 0 aromatic heterocycles. The molecule has 1 aromatic carbocycles. The molecular weight excluding hydrogens is 343 g/mol. The summed E-state index contributed by atoms with van der Waals surface area (Å²) >= 11 is 9.23. The van der Waals surface area contributed by atoms with Gasteiger partial charge in [-0.05, 0) is 34.3 Å². The number of allylic oxidation sites excluding steroid dienone is 2. The minimum absolute atomic E-state index is 0.0225. The van der Waals surface area contributed by atoms with Gasteiger partial charge in [-0.3, -0.25) is 0 Å². The lowest BCUT2D eigenvalue weighted by Crippen LogP contribution is -2.15. The van der Waals surface area contributed by atoms with Crippen molar-refractivity contribution in [2.75, 3.05) is 0 Å². The van der Waals surface area contributed by atoms with E-state index in [2.05, 4.69) is 34.2 Å². The summed E-state index contributed by atoms with van der Waals surface area (Å²) in [5, 5.41) is 0.131. The Bertz CT molecular complexity index is 566. The Labute approximate surface area is 132 Å². The van der Waals surface area contributed by atoms with Crippen molar-refractivity contribution in [1.82, 2.24) is 0 Å². The predicted molar refractivity (Wildman–Crippen MR) is 85.0 cm³/mol. The largest absolute Gasteiger partial charge is 0.485 e. The molecule has 0 saturated carbocycles. The first-order chi connectivity index (χ1) is 9.66. The first kappa shape index (κ1) is 15.6. The van der Waals surface area contributed by atoms with Crippen LogP contribution in [-0.4, -0.2) is 6.10 Å². The second-order valence-electron chi connectivity index (χ2n) is 4.46. The van der Waals surface area contributed by atoms with Crippen molar-refractivity contribution in [3.63, 3.8) is 0 Å². The molecule has 1 aliphatic heterocycles. The maximum absolute atomic E-state index is 13.5. The second kappa shape index (κ2) is 6.77. The van der Waals surface area contributed by atoms with Crippen LogP contribution in [0.5, 0.6) is 5.75 Å². The number of hydrogen-bond donors (Lipinski definition) is 0. The zero-order valence-electron chi connectivity index (χ0n) is 11.6. The van der Waals surface area contributed by atoms with Crippen molar-refractivity contribution in [2.45, 2.75) is 39.2 Å². The maximum atomic E-state index is 13.5. The van der Waals surface area contributed by atoms with Gasteiger partial charge >= 0.3 is 0 Å². The second-order valence-corrected chi connectivity index (χ2v) is 5.63. The number of rotatable bonds is 1. The van der Waals surface area contributed by atoms with E-state index in [1.165, 1.54) is 11.6 Å². The third-order valence-corrected chi connectivity index (χ3v) is 4.75. The molecule has 20 heavy (non-hydrogen) atoms. The molecule has 3 rings (SSSR count). The van der Waals surface area contributed by atoms with Crippen molar-refractivity contribution < 1.29 is 9.13 Å². The standard InChI is InChI=1S/C14H11BrClFO.C2H6/c15-13-9-6-11(8-4-2-1-3-5-8)18-12(9)7-10(17)14(13)16;1-2/h2,4-5,7,11H,1,3,6H2;1-2H3. The number of halogens is 3. The Kier molecular flexibility index (Phi) is 5.28. The summed E-state index contributed by atoms with van der Waals surface area (Å²) in [4.78, 5) is 0. The van der Waals surface area contributed by atoms with Gasteiger partial charge in [-0.25, -0.2) is 4.39 Å². The number of benzene rings is 1. The van der Waals surface area contributed by atoms with Crippen LogP contribution in [0, 0.1) is 5.82 Å². The van der Waals surface area contributed by atoms with Crippen LogP contribution in [0.3, 0.4) is 0 Å². The molecule has 2 aliphatic rings. The van der Waals surface area contributed by atoms with Crippen LogP contribution >= 0.6 is 27.5 Å². The van der Waals surface area contributed by atoms with E-state index in [4.69, 9.17) is 16.3 Å². The number of hydrogen-bond acceptors (Lipinski definition) is 1. The van der Waals surface area contributed by atoms with Crippen LogP contribution in [-0.2, 0) is 6.42 Å². The fraction of sp³-hybridized carbons (Fsp3) is 0.375. The minimum atomic E-state index is -0.448. The average molecular weight is 360 g/mol. The number of fused-ring (bicyclic) bond motifs is 1. The molecule has 0 saturated heterocycles. The molecule has 1 heterocycles. The SMILES string of the molecule is CC.Fc1cc2c(c(Br)c1Cl)CC(C1=CCCC=C1)O2. The monoisotopic (exact) mass is 358 g/mol. The molecule has 108 valence electrons. The molecule has 1 aliphatic carbocycles. The summed E-state index contributed by atoms with van der Waals surface area (Å²) in [7, 11) is 0. The van der Waals surface area contributed by atoms with E-state index in [0.29, 0.717) is 10.2 Å². The van der Waals surface area contributed by atoms with E-state index in [0.717, 1.165) is 24.8 Å². The van der Waals surface area contributed by atoms with Crippen LogP contribution in [0.15, 0.2) is 34.3 Å². The van der Waals surface area contributed by atoms with Gasteiger partial charge in [0, 0.05) is 22.5 Å². The van der Waals surface area contributed by atoms with E-state index in [-0.39, 0.29) is 11.1 Å². The van der Waals surface area contributed by atoms with Gasteiger partial charge in [0.2, 0.25) is 0 Å². The zero-order valence-corrected chi connectivity index (χ0v) is 13.9. The molecule has 0 fully saturated rings. The van der Waals surface area contributed by atoms with E-state index in [9.17, 15) is 4.39 Å². The summed E-state index contributed by atoms with van der Waals surface area (Å²) in [6.45, 7) is 4.00. The zero-order chi connectivity index (χ0) is 14.7. The van der Waals surface area contributed by atoms with Gasteiger partial charge in [0.1, 0.15) is 17.7 Å². The first-order valence-electron chi connectivity index (χ1n) is 6.86. The molecule has 1 atom stereocenters. The summed E-state index contributed by atoms with van der Waals surface area (Å²) in [6, 6.07) is 1.37. The fourth-order valence-electron chi connectivity index (χ4n) is 2.35. The summed E-state index contributed by atoms with van der Waals surface area (Å²) < 4.78 is 20.0. The summed E-state index contributed by atoms with van der Waals surface area (Å²) in [6.07, 6.45) is 9.24. The lowest BCUT2D eigenvalue weighted by atomic mass is 9.99. The Morgan fingerprint density at radius 1 is 1.35 bits per heavy atom. The smallest absolute Gasteiger partial charge is 0.146 e. The molecule has 0 spiro atoms. The fourth-order valence-corrected chi connectivity index (χ4v) is 3.06. The van der Waals surface area contributed by atoms with Crippen molar-refractivity contribution >= 4 is 27.5 Å². The third-order valence-electron chi connectivity index (χ3n) is 3.28. The molecule has 4 heteroatoms. The molecule has 1 nitrogen and oxygen atoms in total. The Balaban J connectivity index is 0.000000704. The van der Waals surface area contributed by atoms with E-state index in [1.54, 1.807) is 0 Å². The Morgan fingerprint density at radius 3 is 2.75 bits per heavy atom. The molecule has 1 aromatic rings. The van der Waals surface area contributed by atoms with Crippen LogP contribution in [0.4, 0.5) is 4.39 Å². The first-order valence-corrected chi connectivity index (χ1v) is 8.03. The number of ether oxygens (including phenoxy) is 1. The highest BCUT2D eigenvalue weighted by Crippen LogP contribution is 2.42. The van der Waals surface area contributed by atoms with Gasteiger partial charge in [-0.15, -0.1) is 0 Å². The topological polar surface area (TPSA) is 9.23 Å². The average Bonchev–Trinajstić information content (AvgIpc) is 2.92. The summed E-state index contributed by atoms with van der Waals surface area (Å²) in [5.74, 6) is 0.143. The van der Waals surface area contributed by atoms with Gasteiger partial charge in [0.05, 0.1) is 5.02 Å². The van der Waals surface area contributed by atoms with Crippen LogP contribution in [0.2, 0.25) is 5.02 Å². The summed E-state index contributed by atoms with van der Waals surface area (Å²) in [5.41, 5.74) is 2.12. The van der Waals surface area contributed by atoms with Gasteiger partial charge < -0.3 is 4.74 Å². The molecule has 0 bridgehead atoms. The minimum Gasteiger partial charge on any atom is -0.485 e. The highest BCUT2D eigenvalue weighted by atomic mass is 79.9. The lowest BCUT2D eigenvalue weighted by molar-refractivity contribution is 0.272. The Morgan fingerprint density at radius 2 is 2.10 bits per heavy atom. The highest BCUT2D eigenvalue weighted by molar-refractivity contribution is 9.10. The van der Waals surface area contributed by atoms with Gasteiger partial charge in [0.25, 0.3) is 0 Å². The molecule has 0 radical (unpaired) electrons. The van der Waals surface area contributed by atoms with Crippen molar-refractivity contribution in [3.8, 4) is 5.75 Å². The van der Waals surface area contributed by atoms with Gasteiger partial charge in [0.15, 0.2) is 0 Å². The van der Waals surface area contributed by atoms with Gasteiger partial charge in [-0.2, -0.15) is 0 Å². The van der Waals surface area contributed by atoms with Crippen LogP contribution < -0.4 is 4.74 Å².